The monoisotopic (exact) mass is 425 g/mol. The first-order valence-corrected chi connectivity index (χ1v) is 11.1. The molecule has 0 amide bonds. The summed E-state index contributed by atoms with van der Waals surface area (Å²) in [5.41, 5.74) is 2.84. The van der Waals surface area contributed by atoms with Crippen LogP contribution in [0.1, 0.15) is 11.1 Å². The second kappa shape index (κ2) is 7.72. The zero-order valence-electron chi connectivity index (χ0n) is 16.9. The Balaban J connectivity index is 1.48. The van der Waals surface area contributed by atoms with Crippen LogP contribution in [0.2, 0.25) is 0 Å². The molecule has 1 aliphatic heterocycles. The fourth-order valence-electron chi connectivity index (χ4n) is 3.87. The normalized spacial score (nSPS) is 16.0. The van der Waals surface area contributed by atoms with Crippen molar-refractivity contribution in [2.75, 3.05) is 26.2 Å². The van der Waals surface area contributed by atoms with E-state index >= 15 is 0 Å². The van der Waals surface area contributed by atoms with Crippen LogP contribution in [0.5, 0.6) is 0 Å². The topological polar surface area (TPSA) is 91.3 Å². The lowest BCUT2D eigenvalue weighted by Crippen LogP contribution is -2.48. The summed E-state index contributed by atoms with van der Waals surface area (Å²) in [5.74, 6) is 0. The molecule has 1 aliphatic rings. The number of imidazole rings is 1. The van der Waals surface area contributed by atoms with Crippen LogP contribution in [0.25, 0.3) is 11.0 Å². The highest BCUT2D eigenvalue weighted by atomic mass is 32.2. The summed E-state index contributed by atoms with van der Waals surface area (Å²) in [6.45, 7) is 2.79. The Morgan fingerprint density at radius 2 is 1.57 bits per heavy atom. The van der Waals surface area contributed by atoms with Gasteiger partial charge < -0.3 is 0 Å². The van der Waals surface area contributed by atoms with Crippen molar-refractivity contribution in [3.05, 3.63) is 64.1 Å². The molecule has 4 rings (SSSR count). The van der Waals surface area contributed by atoms with E-state index in [1.807, 2.05) is 12.1 Å². The first-order chi connectivity index (χ1) is 14.3. The quantitative estimate of drug-likeness (QED) is 0.628. The first-order valence-electron chi connectivity index (χ1n) is 9.68. The number of hydrogen-bond acceptors (Lipinski definition) is 5. The average molecular weight is 426 g/mol. The third-order valence-corrected chi connectivity index (χ3v) is 7.60. The van der Waals surface area contributed by atoms with Crippen molar-refractivity contribution in [1.29, 1.82) is 5.26 Å². The van der Waals surface area contributed by atoms with Gasteiger partial charge in [-0.1, -0.05) is 12.1 Å². The van der Waals surface area contributed by atoms with Crippen molar-refractivity contribution in [2.45, 2.75) is 11.4 Å². The molecule has 0 aliphatic carbocycles. The lowest BCUT2D eigenvalue weighted by atomic mass is 10.1. The van der Waals surface area contributed by atoms with Gasteiger partial charge in [-0.05, 0) is 35.9 Å². The lowest BCUT2D eigenvalue weighted by Gasteiger charge is -2.34. The molecule has 30 heavy (non-hydrogen) atoms. The van der Waals surface area contributed by atoms with Gasteiger partial charge in [0.15, 0.2) is 0 Å². The summed E-state index contributed by atoms with van der Waals surface area (Å²) in [5, 5.41) is 8.90. The van der Waals surface area contributed by atoms with Crippen LogP contribution < -0.4 is 5.69 Å². The molecule has 0 radical (unpaired) electrons. The van der Waals surface area contributed by atoms with Gasteiger partial charge in [-0.3, -0.25) is 14.0 Å². The molecule has 0 saturated carbocycles. The molecule has 0 N–H and O–H groups in total. The molecule has 1 fully saturated rings. The summed E-state index contributed by atoms with van der Waals surface area (Å²) < 4.78 is 30.8. The number of aromatic nitrogens is 2. The van der Waals surface area contributed by atoms with Gasteiger partial charge in [-0.2, -0.15) is 9.57 Å². The molecule has 1 aromatic heterocycles. The molecular formula is C21H23N5O3S. The van der Waals surface area contributed by atoms with Crippen LogP contribution in [-0.2, 0) is 30.7 Å². The zero-order valence-corrected chi connectivity index (χ0v) is 17.8. The Bertz CT molecular complexity index is 1290. The lowest BCUT2D eigenvalue weighted by molar-refractivity contribution is 0.181. The number of fused-ring (bicyclic) bond motifs is 1. The minimum absolute atomic E-state index is 0.184. The highest BCUT2D eigenvalue weighted by Gasteiger charge is 2.29. The molecule has 0 bridgehead atoms. The first kappa shape index (κ1) is 20.3. The van der Waals surface area contributed by atoms with E-state index in [2.05, 4.69) is 11.0 Å². The summed E-state index contributed by atoms with van der Waals surface area (Å²) in [6.07, 6.45) is 0. The Hall–Kier alpha value is -2.93. The van der Waals surface area contributed by atoms with Crippen molar-refractivity contribution in [3.63, 3.8) is 0 Å². The third kappa shape index (κ3) is 3.54. The average Bonchev–Trinajstić information content (AvgIpc) is 2.98. The van der Waals surface area contributed by atoms with E-state index in [0.717, 1.165) is 12.1 Å². The molecule has 2 heterocycles. The minimum atomic E-state index is -3.63. The standard InChI is InChI=1S/C21H23N5O3S/c1-23-19-8-7-18(13-20(19)24(2)21(23)27)30(28,29)26-11-9-25(10-12-26)15-17-5-3-16(14-22)4-6-17/h3-8,13H,9-12,15H2,1-2H3. The van der Waals surface area contributed by atoms with Crippen molar-refractivity contribution in [3.8, 4) is 6.07 Å². The van der Waals surface area contributed by atoms with Crippen LogP contribution in [0.15, 0.2) is 52.2 Å². The molecule has 0 atom stereocenters. The fraction of sp³-hybridized carbons (Fsp3) is 0.333. The number of nitriles is 1. The van der Waals surface area contributed by atoms with Crippen molar-refractivity contribution in [1.82, 2.24) is 18.3 Å². The molecule has 3 aromatic rings. The maximum atomic E-state index is 13.2. The van der Waals surface area contributed by atoms with E-state index in [1.165, 1.54) is 13.4 Å². The summed E-state index contributed by atoms with van der Waals surface area (Å²) in [4.78, 5) is 14.5. The van der Waals surface area contributed by atoms with Crippen molar-refractivity contribution in [2.24, 2.45) is 14.1 Å². The van der Waals surface area contributed by atoms with E-state index in [0.29, 0.717) is 42.8 Å². The van der Waals surface area contributed by atoms with Gasteiger partial charge in [0.1, 0.15) is 0 Å². The van der Waals surface area contributed by atoms with Gasteiger partial charge in [-0.25, -0.2) is 13.2 Å². The Kier molecular flexibility index (Phi) is 5.24. The van der Waals surface area contributed by atoms with Crippen LogP contribution >= 0.6 is 0 Å². The molecule has 8 nitrogen and oxygen atoms in total. The molecule has 9 heteroatoms. The summed E-state index contributed by atoms with van der Waals surface area (Å²) in [6, 6.07) is 14.4. The second-order valence-corrected chi connectivity index (χ2v) is 9.48. The minimum Gasteiger partial charge on any atom is -0.296 e. The van der Waals surface area contributed by atoms with Gasteiger partial charge in [-0.15, -0.1) is 0 Å². The van der Waals surface area contributed by atoms with Gasteiger partial charge in [0, 0.05) is 46.8 Å². The van der Waals surface area contributed by atoms with Crippen LogP contribution in [0, 0.1) is 11.3 Å². The van der Waals surface area contributed by atoms with E-state index in [-0.39, 0.29) is 10.6 Å². The van der Waals surface area contributed by atoms with Gasteiger partial charge >= 0.3 is 5.69 Å². The maximum absolute atomic E-state index is 13.2. The van der Waals surface area contributed by atoms with Crippen LogP contribution in [0.4, 0.5) is 0 Å². The maximum Gasteiger partial charge on any atom is 0.328 e. The number of sulfonamides is 1. The van der Waals surface area contributed by atoms with E-state index in [9.17, 15) is 13.2 Å². The fourth-order valence-corrected chi connectivity index (χ4v) is 5.31. The predicted octanol–water partition coefficient (Wildman–Crippen LogP) is 1.26. The van der Waals surface area contributed by atoms with Crippen LogP contribution in [-0.4, -0.2) is 52.9 Å². The molecule has 0 unspecified atom stereocenters. The highest BCUT2D eigenvalue weighted by molar-refractivity contribution is 7.89. The zero-order chi connectivity index (χ0) is 21.5. The van der Waals surface area contributed by atoms with Gasteiger partial charge in [0.25, 0.3) is 0 Å². The number of piperazine rings is 1. The molecule has 0 spiro atoms. The molecular weight excluding hydrogens is 402 g/mol. The number of aryl methyl sites for hydroxylation is 2. The van der Waals surface area contributed by atoms with E-state index < -0.39 is 10.0 Å². The largest absolute Gasteiger partial charge is 0.328 e. The molecule has 2 aromatic carbocycles. The van der Waals surface area contributed by atoms with E-state index in [4.69, 9.17) is 5.26 Å². The van der Waals surface area contributed by atoms with Crippen LogP contribution in [0.3, 0.4) is 0 Å². The number of benzene rings is 2. The molecule has 1 saturated heterocycles. The SMILES string of the molecule is Cn1c(=O)n(C)c2cc(S(=O)(=O)N3CCN(Cc4ccc(C#N)cc4)CC3)ccc21. The Morgan fingerprint density at radius 1 is 0.933 bits per heavy atom. The summed E-state index contributed by atoms with van der Waals surface area (Å²) in [7, 11) is -0.319. The number of hydrogen-bond donors (Lipinski definition) is 0. The van der Waals surface area contributed by atoms with Crippen molar-refractivity contribution >= 4 is 21.1 Å². The van der Waals surface area contributed by atoms with Gasteiger partial charge in [0.2, 0.25) is 10.0 Å². The smallest absolute Gasteiger partial charge is 0.296 e. The van der Waals surface area contributed by atoms with Gasteiger partial charge in [0.05, 0.1) is 27.6 Å². The Morgan fingerprint density at radius 3 is 2.20 bits per heavy atom. The number of rotatable bonds is 4. The van der Waals surface area contributed by atoms with E-state index in [1.54, 1.807) is 44.4 Å². The summed E-state index contributed by atoms with van der Waals surface area (Å²) >= 11 is 0. The Labute approximate surface area is 175 Å². The second-order valence-electron chi connectivity index (χ2n) is 7.54. The third-order valence-electron chi connectivity index (χ3n) is 5.70. The molecule has 156 valence electrons. The highest BCUT2D eigenvalue weighted by Crippen LogP contribution is 2.22. The number of nitrogens with zero attached hydrogens (tertiary/aromatic N) is 5. The predicted molar refractivity (Wildman–Crippen MR) is 113 cm³/mol. The van der Waals surface area contributed by atoms with Crippen molar-refractivity contribution < 1.29 is 8.42 Å².